The number of anilines is 1. The number of ether oxygens (including phenoxy) is 2. The number of halogens is 1. The Morgan fingerprint density at radius 2 is 1.84 bits per heavy atom. The molecule has 3 rings (SSSR count). The molecule has 1 N–H and O–H groups in total. The number of methoxy groups -OCH3 is 1. The molecular weight excluding hydrogens is 430 g/mol. The van der Waals surface area contributed by atoms with E-state index in [-0.39, 0.29) is 12.5 Å². The Kier molecular flexibility index (Phi) is 7.68. The van der Waals surface area contributed by atoms with E-state index in [2.05, 4.69) is 15.2 Å². The van der Waals surface area contributed by atoms with Crippen LogP contribution < -0.4 is 10.1 Å². The number of rotatable bonds is 8. The number of aryl methyl sites for hydroxylation is 1. The molecule has 8 heteroatoms. The molecule has 0 aliphatic carbocycles. The third kappa shape index (κ3) is 5.98. The number of aromatic nitrogens is 2. The molecule has 0 aliphatic rings. The number of amides is 1. The van der Waals surface area contributed by atoms with Gasteiger partial charge in [0.05, 0.1) is 19.3 Å². The summed E-state index contributed by atoms with van der Waals surface area (Å²) in [6.07, 6.45) is 3.22. The van der Waals surface area contributed by atoms with Gasteiger partial charge in [0.1, 0.15) is 5.75 Å². The first-order valence-electron chi connectivity index (χ1n) is 9.93. The minimum Gasteiger partial charge on any atom is -0.482 e. The lowest BCUT2D eigenvalue weighted by Gasteiger charge is -2.07. The van der Waals surface area contributed by atoms with Crippen LogP contribution in [0, 0.1) is 13.8 Å². The summed E-state index contributed by atoms with van der Waals surface area (Å²) in [6.45, 7) is 4.24. The van der Waals surface area contributed by atoms with E-state index in [0.29, 0.717) is 23.0 Å². The summed E-state index contributed by atoms with van der Waals surface area (Å²) in [6, 6.07) is 14.4. The summed E-state index contributed by atoms with van der Waals surface area (Å²) < 4.78 is 11.7. The van der Waals surface area contributed by atoms with Gasteiger partial charge < -0.3 is 14.8 Å². The summed E-state index contributed by atoms with van der Waals surface area (Å²) in [5.41, 5.74) is 4.24. The Morgan fingerprint density at radius 1 is 1.12 bits per heavy atom. The highest BCUT2D eigenvalue weighted by molar-refractivity contribution is 6.31. The Bertz CT molecular complexity index is 1140. The van der Waals surface area contributed by atoms with Crippen LogP contribution in [-0.2, 0) is 20.9 Å². The van der Waals surface area contributed by atoms with Crippen molar-refractivity contribution in [2.75, 3.05) is 19.0 Å². The van der Waals surface area contributed by atoms with Gasteiger partial charge in [-0.15, -0.1) is 0 Å². The van der Waals surface area contributed by atoms with Crippen molar-refractivity contribution in [1.82, 2.24) is 9.78 Å². The number of carbonyl (C=O) groups excluding carboxylic acids is 2. The van der Waals surface area contributed by atoms with Crippen molar-refractivity contribution in [2.45, 2.75) is 20.4 Å². The van der Waals surface area contributed by atoms with Crippen LogP contribution >= 0.6 is 11.6 Å². The van der Waals surface area contributed by atoms with E-state index in [1.54, 1.807) is 30.3 Å². The number of benzene rings is 2. The topological polar surface area (TPSA) is 82.4 Å². The molecule has 0 fully saturated rings. The first kappa shape index (κ1) is 23.1. The van der Waals surface area contributed by atoms with E-state index in [1.807, 2.05) is 42.8 Å². The van der Waals surface area contributed by atoms with Crippen molar-refractivity contribution in [3.63, 3.8) is 0 Å². The van der Waals surface area contributed by atoms with Crippen LogP contribution in [0.1, 0.15) is 22.5 Å². The van der Waals surface area contributed by atoms with E-state index in [1.165, 1.54) is 13.2 Å². The number of hydrogen-bond acceptors (Lipinski definition) is 5. The normalized spacial score (nSPS) is 10.9. The average molecular weight is 454 g/mol. The van der Waals surface area contributed by atoms with E-state index in [4.69, 9.17) is 16.3 Å². The molecule has 1 amide bonds. The fraction of sp³-hybridized carbons (Fsp3) is 0.208. The van der Waals surface area contributed by atoms with Gasteiger partial charge in [0.25, 0.3) is 0 Å². The lowest BCUT2D eigenvalue weighted by molar-refractivity contribution is -0.142. The van der Waals surface area contributed by atoms with Gasteiger partial charge in [-0.1, -0.05) is 29.8 Å². The molecule has 166 valence electrons. The van der Waals surface area contributed by atoms with Crippen LogP contribution in [0.25, 0.3) is 6.08 Å². The van der Waals surface area contributed by atoms with Gasteiger partial charge in [-0.2, -0.15) is 5.10 Å². The zero-order chi connectivity index (χ0) is 23.1. The summed E-state index contributed by atoms with van der Waals surface area (Å²) in [5, 5.41) is 8.07. The van der Waals surface area contributed by atoms with Crippen molar-refractivity contribution >= 4 is 35.2 Å². The lowest BCUT2D eigenvalue weighted by atomic mass is 10.1. The SMILES string of the molecule is COC(=O)COc1ccc(NC(=O)C=Cc2c(C)nn(Cc3ccccc3Cl)c2C)cc1. The predicted octanol–water partition coefficient (Wildman–Crippen LogP) is 4.41. The monoisotopic (exact) mass is 453 g/mol. The molecule has 0 radical (unpaired) electrons. The number of hydrogen-bond donors (Lipinski definition) is 1. The van der Waals surface area contributed by atoms with Crippen molar-refractivity contribution < 1.29 is 19.1 Å². The summed E-state index contributed by atoms with van der Waals surface area (Å²) in [5.74, 6) is -0.236. The third-order valence-electron chi connectivity index (χ3n) is 4.82. The second kappa shape index (κ2) is 10.6. The van der Waals surface area contributed by atoms with Crippen LogP contribution in [0.3, 0.4) is 0 Å². The Morgan fingerprint density at radius 3 is 2.53 bits per heavy atom. The van der Waals surface area contributed by atoms with Crippen LogP contribution in [0.15, 0.2) is 54.6 Å². The number of nitrogens with zero attached hydrogens (tertiary/aromatic N) is 2. The van der Waals surface area contributed by atoms with E-state index in [0.717, 1.165) is 22.5 Å². The minimum absolute atomic E-state index is 0.173. The molecular formula is C24H24ClN3O4. The number of esters is 1. The Labute approximate surface area is 191 Å². The molecule has 1 aromatic heterocycles. The van der Waals surface area contributed by atoms with E-state index in [9.17, 15) is 9.59 Å². The van der Waals surface area contributed by atoms with Gasteiger partial charge in [0.15, 0.2) is 6.61 Å². The standard InChI is InChI=1S/C24H24ClN3O4/c1-16-21(17(2)28(27-16)14-18-6-4-5-7-22(18)25)12-13-23(29)26-19-8-10-20(11-9-19)32-15-24(30)31-3/h4-13H,14-15H2,1-3H3,(H,26,29). The highest BCUT2D eigenvalue weighted by Gasteiger charge is 2.11. The van der Waals surface area contributed by atoms with Gasteiger partial charge in [-0.05, 0) is 55.8 Å². The zero-order valence-electron chi connectivity index (χ0n) is 18.1. The third-order valence-corrected chi connectivity index (χ3v) is 5.19. The van der Waals surface area contributed by atoms with Gasteiger partial charge in [0, 0.05) is 28.0 Å². The highest BCUT2D eigenvalue weighted by atomic mass is 35.5. The van der Waals surface area contributed by atoms with Gasteiger partial charge >= 0.3 is 5.97 Å². The van der Waals surface area contributed by atoms with E-state index >= 15 is 0 Å². The maximum absolute atomic E-state index is 12.4. The fourth-order valence-corrected chi connectivity index (χ4v) is 3.27. The molecule has 0 spiro atoms. The smallest absolute Gasteiger partial charge is 0.343 e. The molecule has 0 saturated carbocycles. The number of nitrogens with one attached hydrogen (secondary N) is 1. The maximum atomic E-state index is 12.4. The molecule has 32 heavy (non-hydrogen) atoms. The van der Waals surface area contributed by atoms with Crippen LogP contribution in [0.2, 0.25) is 5.02 Å². The quantitative estimate of drug-likeness (QED) is 0.403. The number of carbonyl (C=O) groups is 2. The van der Waals surface area contributed by atoms with Gasteiger partial charge in [-0.25, -0.2) is 4.79 Å². The molecule has 0 unspecified atom stereocenters. The van der Waals surface area contributed by atoms with E-state index < -0.39 is 5.97 Å². The molecule has 1 heterocycles. The van der Waals surface area contributed by atoms with Crippen LogP contribution in [0.5, 0.6) is 5.75 Å². The summed E-state index contributed by atoms with van der Waals surface area (Å²) >= 11 is 6.26. The molecule has 7 nitrogen and oxygen atoms in total. The molecule has 2 aromatic carbocycles. The maximum Gasteiger partial charge on any atom is 0.343 e. The van der Waals surface area contributed by atoms with Crippen molar-refractivity contribution in [3.8, 4) is 5.75 Å². The van der Waals surface area contributed by atoms with Crippen molar-refractivity contribution in [3.05, 3.63) is 82.1 Å². The second-order valence-corrected chi connectivity index (χ2v) is 7.45. The van der Waals surface area contributed by atoms with Gasteiger partial charge in [0.2, 0.25) is 5.91 Å². The zero-order valence-corrected chi connectivity index (χ0v) is 18.8. The van der Waals surface area contributed by atoms with Crippen molar-refractivity contribution in [1.29, 1.82) is 0 Å². The molecule has 0 saturated heterocycles. The largest absolute Gasteiger partial charge is 0.482 e. The Balaban J connectivity index is 1.62. The first-order chi connectivity index (χ1) is 15.4. The molecule has 0 atom stereocenters. The van der Waals surface area contributed by atoms with Crippen LogP contribution in [-0.4, -0.2) is 35.4 Å². The Hall–Kier alpha value is -3.58. The highest BCUT2D eigenvalue weighted by Crippen LogP contribution is 2.21. The van der Waals surface area contributed by atoms with Crippen LogP contribution in [0.4, 0.5) is 5.69 Å². The summed E-state index contributed by atoms with van der Waals surface area (Å²) in [7, 11) is 1.30. The van der Waals surface area contributed by atoms with Crippen molar-refractivity contribution in [2.24, 2.45) is 0 Å². The molecule has 0 bridgehead atoms. The minimum atomic E-state index is -0.465. The molecule has 3 aromatic rings. The predicted molar refractivity (Wildman–Crippen MR) is 124 cm³/mol. The average Bonchev–Trinajstić information content (AvgIpc) is 3.05. The second-order valence-electron chi connectivity index (χ2n) is 7.05. The lowest BCUT2D eigenvalue weighted by Crippen LogP contribution is -2.12. The molecule has 0 aliphatic heterocycles. The fourth-order valence-electron chi connectivity index (χ4n) is 3.07. The summed E-state index contributed by atoms with van der Waals surface area (Å²) in [4.78, 5) is 23.5. The van der Waals surface area contributed by atoms with Gasteiger partial charge in [-0.3, -0.25) is 9.48 Å². The first-order valence-corrected chi connectivity index (χ1v) is 10.3.